The first-order valence-corrected chi connectivity index (χ1v) is 5.31. The fourth-order valence-electron chi connectivity index (χ4n) is 0.920. The lowest BCUT2D eigenvalue weighted by Gasteiger charge is -2.04. The molecule has 72 valence electrons. The average molecular weight is 202 g/mol. The highest BCUT2D eigenvalue weighted by Gasteiger charge is 2.17. The molecule has 0 atom stereocenters. The molecule has 0 spiro atoms. The van der Waals surface area contributed by atoms with Crippen molar-refractivity contribution in [3.05, 3.63) is 30.3 Å². The Kier molecular flexibility index (Phi) is 3.02. The molecule has 1 aromatic rings. The van der Waals surface area contributed by atoms with Gasteiger partial charge in [0.1, 0.15) is 5.75 Å². The predicted molar refractivity (Wildman–Crippen MR) is 46.7 cm³/mol. The number of aliphatic hydroxyl groups excluding tert-OH is 1. The van der Waals surface area contributed by atoms with Crippen LogP contribution in [0.5, 0.6) is 0 Å². The van der Waals surface area contributed by atoms with Gasteiger partial charge in [0.2, 0.25) is 0 Å². The Morgan fingerprint density at radius 1 is 1.15 bits per heavy atom. The molecule has 0 heterocycles. The summed E-state index contributed by atoms with van der Waals surface area (Å²) in [6.07, 6.45) is -1.83. The van der Waals surface area contributed by atoms with Crippen molar-refractivity contribution in [2.24, 2.45) is 0 Å². The van der Waals surface area contributed by atoms with Crippen molar-refractivity contribution in [3.63, 3.8) is 0 Å². The molecule has 0 saturated heterocycles. The highest BCUT2D eigenvalue weighted by Crippen LogP contribution is 2.10. The quantitative estimate of drug-likeness (QED) is 0.664. The monoisotopic (exact) mass is 202 g/mol. The normalized spacial score (nSPS) is 11.9. The highest BCUT2D eigenvalue weighted by molar-refractivity contribution is 7.91. The van der Waals surface area contributed by atoms with E-state index in [0.29, 0.717) is 0 Å². The molecular weight excluding hydrogens is 192 g/mol. The Labute approximate surface area is 76.4 Å². The SMILES string of the molecule is O=S(=O)(CC(O)O)c1ccccc1. The summed E-state index contributed by atoms with van der Waals surface area (Å²) in [5.74, 6) is -0.670. The van der Waals surface area contributed by atoms with Crippen molar-refractivity contribution in [2.45, 2.75) is 11.2 Å². The van der Waals surface area contributed by atoms with E-state index < -0.39 is 21.9 Å². The van der Waals surface area contributed by atoms with E-state index in [1.54, 1.807) is 18.2 Å². The van der Waals surface area contributed by atoms with Gasteiger partial charge in [-0.1, -0.05) is 18.2 Å². The number of hydrogen-bond donors (Lipinski definition) is 2. The number of sulfone groups is 1. The Morgan fingerprint density at radius 3 is 2.15 bits per heavy atom. The third-order valence-corrected chi connectivity index (χ3v) is 3.20. The molecule has 13 heavy (non-hydrogen) atoms. The molecule has 1 rings (SSSR count). The van der Waals surface area contributed by atoms with Crippen LogP contribution in [-0.4, -0.2) is 30.7 Å². The van der Waals surface area contributed by atoms with Gasteiger partial charge in [0.15, 0.2) is 16.1 Å². The van der Waals surface area contributed by atoms with Crippen LogP contribution in [0.25, 0.3) is 0 Å². The Hall–Kier alpha value is -0.910. The zero-order valence-corrected chi connectivity index (χ0v) is 7.61. The van der Waals surface area contributed by atoms with Gasteiger partial charge >= 0.3 is 0 Å². The van der Waals surface area contributed by atoms with Crippen LogP contribution >= 0.6 is 0 Å². The lowest BCUT2D eigenvalue weighted by molar-refractivity contribution is -0.0198. The minimum Gasteiger partial charge on any atom is -0.367 e. The summed E-state index contributed by atoms with van der Waals surface area (Å²) in [5, 5.41) is 17.1. The zero-order valence-electron chi connectivity index (χ0n) is 6.79. The van der Waals surface area contributed by atoms with E-state index >= 15 is 0 Å². The Bertz CT molecular complexity index is 355. The Morgan fingerprint density at radius 2 is 1.69 bits per heavy atom. The fourth-order valence-corrected chi connectivity index (χ4v) is 2.08. The van der Waals surface area contributed by atoms with Crippen LogP contribution in [0.3, 0.4) is 0 Å². The van der Waals surface area contributed by atoms with Crippen LogP contribution in [0.4, 0.5) is 0 Å². The lowest BCUT2D eigenvalue weighted by atomic mass is 10.4. The fraction of sp³-hybridized carbons (Fsp3) is 0.250. The van der Waals surface area contributed by atoms with Crippen molar-refractivity contribution in [1.29, 1.82) is 0 Å². The molecule has 0 saturated carbocycles. The molecule has 0 bridgehead atoms. The predicted octanol–water partition coefficient (Wildman–Crippen LogP) is -0.229. The molecule has 5 heteroatoms. The molecule has 0 amide bonds. The van der Waals surface area contributed by atoms with Gasteiger partial charge in [0.25, 0.3) is 0 Å². The molecular formula is C8H10O4S. The third-order valence-electron chi connectivity index (χ3n) is 1.47. The maximum absolute atomic E-state index is 11.3. The van der Waals surface area contributed by atoms with Gasteiger partial charge in [0, 0.05) is 0 Å². The minimum atomic E-state index is -3.56. The second kappa shape index (κ2) is 3.87. The zero-order chi connectivity index (χ0) is 9.90. The van der Waals surface area contributed by atoms with E-state index in [2.05, 4.69) is 0 Å². The second-order valence-electron chi connectivity index (χ2n) is 2.58. The number of aliphatic hydroxyl groups is 2. The largest absolute Gasteiger partial charge is 0.367 e. The molecule has 0 aliphatic carbocycles. The topological polar surface area (TPSA) is 74.6 Å². The van der Waals surface area contributed by atoms with E-state index in [1.807, 2.05) is 0 Å². The molecule has 2 N–H and O–H groups in total. The van der Waals surface area contributed by atoms with Gasteiger partial charge in [-0.3, -0.25) is 0 Å². The van der Waals surface area contributed by atoms with E-state index in [9.17, 15) is 8.42 Å². The van der Waals surface area contributed by atoms with Gasteiger partial charge in [-0.2, -0.15) is 0 Å². The van der Waals surface area contributed by atoms with Crippen molar-refractivity contribution in [3.8, 4) is 0 Å². The van der Waals surface area contributed by atoms with Gasteiger partial charge in [-0.25, -0.2) is 8.42 Å². The summed E-state index contributed by atoms with van der Waals surface area (Å²) in [7, 11) is -3.56. The molecule has 0 unspecified atom stereocenters. The van der Waals surface area contributed by atoms with Gasteiger partial charge in [-0.15, -0.1) is 0 Å². The third kappa shape index (κ3) is 2.80. The molecule has 0 aliphatic heterocycles. The van der Waals surface area contributed by atoms with Gasteiger partial charge in [-0.05, 0) is 12.1 Å². The average Bonchev–Trinajstić information content (AvgIpc) is 2.04. The number of rotatable bonds is 3. The van der Waals surface area contributed by atoms with Crippen LogP contribution in [0.2, 0.25) is 0 Å². The summed E-state index contributed by atoms with van der Waals surface area (Å²) in [5.41, 5.74) is 0. The second-order valence-corrected chi connectivity index (χ2v) is 4.61. The smallest absolute Gasteiger partial charge is 0.183 e. The van der Waals surface area contributed by atoms with E-state index in [4.69, 9.17) is 10.2 Å². The van der Waals surface area contributed by atoms with E-state index in [1.165, 1.54) is 12.1 Å². The molecule has 0 fully saturated rings. The maximum atomic E-state index is 11.3. The summed E-state index contributed by atoms with van der Waals surface area (Å²) in [6, 6.07) is 7.68. The van der Waals surface area contributed by atoms with Crippen molar-refractivity contribution in [2.75, 3.05) is 5.75 Å². The summed E-state index contributed by atoms with van der Waals surface area (Å²) in [6.45, 7) is 0. The highest BCUT2D eigenvalue weighted by atomic mass is 32.2. The van der Waals surface area contributed by atoms with Crippen molar-refractivity contribution >= 4 is 9.84 Å². The van der Waals surface area contributed by atoms with Crippen LogP contribution in [-0.2, 0) is 9.84 Å². The summed E-state index contributed by atoms with van der Waals surface area (Å²) in [4.78, 5) is 0.100. The van der Waals surface area contributed by atoms with Gasteiger partial charge < -0.3 is 10.2 Å². The summed E-state index contributed by atoms with van der Waals surface area (Å²) < 4.78 is 22.6. The number of hydrogen-bond acceptors (Lipinski definition) is 4. The standard InChI is InChI=1S/C8H10O4S/c9-8(10)6-13(11,12)7-4-2-1-3-5-7/h1-5,8-10H,6H2. The van der Waals surface area contributed by atoms with Gasteiger partial charge in [0.05, 0.1) is 4.90 Å². The first kappa shape index (κ1) is 10.2. The molecule has 1 aromatic carbocycles. The van der Waals surface area contributed by atoms with Crippen LogP contribution in [0.1, 0.15) is 0 Å². The lowest BCUT2D eigenvalue weighted by Crippen LogP contribution is -2.19. The Balaban J connectivity index is 2.96. The maximum Gasteiger partial charge on any atom is 0.183 e. The van der Waals surface area contributed by atoms with Crippen LogP contribution in [0.15, 0.2) is 35.2 Å². The molecule has 4 nitrogen and oxygen atoms in total. The summed E-state index contributed by atoms with van der Waals surface area (Å²) >= 11 is 0. The number of benzene rings is 1. The molecule has 0 aromatic heterocycles. The first-order chi connectivity index (χ1) is 6.02. The molecule has 0 aliphatic rings. The van der Waals surface area contributed by atoms with Crippen LogP contribution < -0.4 is 0 Å². The first-order valence-electron chi connectivity index (χ1n) is 3.66. The van der Waals surface area contributed by atoms with E-state index in [-0.39, 0.29) is 4.90 Å². The molecule has 0 radical (unpaired) electrons. The van der Waals surface area contributed by atoms with E-state index in [0.717, 1.165) is 0 Å². The van der Waals surface area contributed by atoms with Crippen molar-refractivity contribution in [1.82, 2.24) is 0 Å². The van der Waals surface area contributed by atoms with Crippen LogP contribution in [0, 0.1) is 0 Å². The van der Waals surface area contributed by atoms with Crippen molar-refractivity contribution < 1.29 is 18.6 Å². The minimum absolute atomic E-state index is 0.100.